The van der Waals surface area contributed by atoms with Gasteiger partial charge in [-0.05, 0) is 48.4 Å². The summed E-state index contributed by atoms with van der Waals surface area (Å²) >= 11 is 0. The Morgan fingerprint density at radius 3 is 2.86 bits per heavy atom. The highest BCUT2D eigenvalue weighted by Crippen LogP contribution is 2.26. The van der Waals surface area contributed by atoms with Crippen molar-refractivity contribution in [3.05, 3.63) is 60.8 Å². The van der Waals surface area contributed by atoms with Crippen LogP contribution in [-0.2, 0) is 4.79 Å². The molecule has 4 nitrogen and oxygen atoms in total. The van der Waals surface area contributed by atoms with Crippen LogP contribution < -0.4 is 5.32 Å². The summed E-state index contributed by atoms with van der Waals surface area (Å²) in [5, 5.41) is 11.1. The number of benzene rings is 2. The molecular formula is C17H15N3O. The average Bonchev–Trinajstić information content (AvgIpc) is 2.88. The Kier molecular flexibility index (Phi) is 3.28. The van der Waals surface area contributed by atoms with E-state index in [2.05, 4.69) is 28.2 Å². The molecule has 0 unspecified atom stereocenters. The Labute approximate surface area is 122 Å². The van der Waals surface area contributed by atoms with Crippen LogP contribution in [0.2, 0.25) is 0 Å². The Morgan fingerprint density at radius 1 is 1.24 bits per heavy atom. The fourth-order valence-corrected chi connectivity index (χ4v) is 2.29. The largest absolute Gasteiger partial charge is 0.323 e. The molecule has 0 aliphatic heterocycles. The van der Waals surface area contributed by atoms with Crippen molar-refractivity contribution < 1.29 is 4.79 Å². The first-order valence-electron chi connectivity index (χ1n) is 6.66. The molecule has 1 heterocycles. The van der Waals surface area contributed by atoms with E-state index in [1.54, 1.807) is 0 Å². The van der Waals surface area contributed by atoms with Crippen LogP contribution in [0.5, 0.6) is 0 Å². The quantitative estimate of drug-likeness (QED) is 0.718. The molecule has 0 aliphatic carbocycles. The number of amides is 1. The van der Waals surface area contributed by atoms with E-state index in [-0.39, 0.29) is 5.91 Å². The van der Waals surface area contributed by atoms with Crippen LogP contribution in [0.25, 0.3) is 22.0 Å². The number of carbonyl (C=O) groups excluding carboxylic acids is 1. The lowest BCUT2D eigenvalue weighted by Crippen LogP contribution is -2.06. The third-order valence-electron chi connectivity index (χ3n) is 3.39. The zero-order valence-corrected chi connectivity index (χ0v) is 11.7. The summed E-state index contributed by atoms with van der Waals surface area (Å²) in [6, 6.07) is 13.8. The fourth-order valence-electron chi connectivity index (χ4n) is 2.29. The van der Waals surface area contributed by atoms with Crippen molar-refractivity contribution in [3.63, 3.8) is 0 Å². The number of fused-ring (bicyclic) bond motifs is 1. The first-order valence-corrected chi connectivity index (χ1v) is 6.66. The summed E-state index contributed by atoms with van der Waals surface area (Å²) in [4.78, 5) is 11.4. The van der Waals surface area contributed by atoms with E-state index >= 15 is 0 Å². The first-order chi connectivity index (χ1) is 10.2. The van der Waals surface area contributed by atoms with Gasteiger partial charge in [0.1, 0.15) is 0 Å². The molecule has 0 bridgehead atoms. The molecule has 2 aromatic carbocycles. The van der Waals surface area contributed by atoms with Crippen LogP contribution in [0, 0.1) is 6.92 Å². The van der Waals surface area contributed by atoms with Crippen molar-refractivity contribution in [1.82, 2.24) is 10.2 Å². The molecule has 0 fully saturated rings. The maximum Gasteiger partial charge on any atom is 0.247 e. The van der Waals surface area contributed by atoms with E-state index in [9.17, 15) is 4.79 Å². The van der Waals surface area contributed by atoms with Gasteiger partial charge in [0.15, 0.2) is 0 Å². The summed E-state index contributed by atoms with van der Waals surface area (Å²) in [6.45, 7) is 5.45. The second-order valence-corrected chi connectivity index (χ2v) is 4.85. The Bertz CT molecular complexity index is 833. The van der Waals surface area contributed by atoms with Gasteiger partial charge < -0.3 is 5.32 Å². The van der Waals surface area contributed by atoms with E-state index in [0.29, 0.717) is 0 Å². The van der Waals surface area contributed by atoms with Gasteiger partial charge in [-0.3, -0.25) is 9.89 Å². The first kappa shape index (κ1) is 13.1. The number of nitrogens with zero attached hydrogens (tertiary/aromatic N) is 1. The van der Waals surface area contributed by atoms with Gasteiger partial charge in [-0.25, -0.2) is 0 Å². The normalized spacial score (nSPS) is 10.5. The maximum absolute atomic E-state index is 11.4. The molecule has 104 valence electrons. The predicted molar refractivity (Wildman–Crippen MR) is 85.1 cm³/mol. The van der Waals surface area contributed by atoms with Crippen molar-refractivity contribution in [2.75, 3.05) is 5.32 Å². The summed E-state index contributed by atoms with van der Waals surface area (Å²) in [5.41, 5.74) is 4.87. The average molecular weight is 277 g/mol. The number of carbonyl (C=O) groups is 1. The second-order valence-electron chi connectivity index (χ2n) is 4.85. The van der Waals surface area contributed by atoms with Crippen molar-refractivity contribution in [1.29, 1.82) is 0 Å². The minimum Gasteiger partial charge on any atom is -0.323 e. The van der Waals surface area contributed by atoms with Crippen LogP contribution in [0.1, 0.15) is 5.69 Å². The van der Waals surface area contributed by atoms with Gasteiger partial charge in [0.2, 0.25) is 5.91 Å². The topological polar surface area (TPSA) is 57.8 Å². The van der Waals surface area contributed by atoms with E-state index < -0.39 is 0 Å². The van der Waals surface area contributed by atoms with Gasteiger partial charge in [-0.15, -0.1) is 0 Å². The van der Waals surface area contributed by atoms with Gasteiger partial charge in [-0.2, -0.15) is 5.10 Å². The number of hydrogen-bond donors (Lipinski definition) is 2. The number of rotatable bonds is 3. The molecule has 3 aromatic rings. The Hall–Kier alpha value is -2.88. The lowest BCUT2D eigenvalue weighted by Gasteiger charge is -2.06. The number of nitrogens with one attached hydrogen (secondary N) is 2. The molecule has 0 aliphatic rings. The second kappa shape index (κ2) is 5.25. The molecular weight excluding hydrogens is 262 g/mol. The molecule has 0 saturated carbocycles. The third-order valence-corrected chi connectivity index (χ3v) is 3.39. The van der Waals surface area contributed by atoms with Crippen molar-refractivity contribution in [2.24, 2.45) is 0 Å². The predicted octanol–water partition coefficient (Wildman–Crippen LogP) is 3.66. The van der Waals surface area contributed by atoms with Gasteiger partial charge in [-0.1, -0.05) is 24.8 Å². The summed E-state index contributed by atoms with van der Waals surface area (Å²) in [7, 11) is 0. The highest BCUT2D eigenvalue weighted by atomic mass is 16.1. The van der Waals surface area contributed by atoms with E-state index in [4.69, 9.17) is 0 Å². The Morgan fingerprint density at radius 2 is 2.05 bits per heavy atom. The highest BCUT2D eigenvalue weighted by molar-refractivity contribution is 5.99. The minimum absolute atomic E-state index is 0.215. The van der Waals surface area contributed by atoms with Crippen molar-refractivity contribution >= 4 is 22.5 Å². The van der Waals surface area contributed by atoms with Crippen molar-refractivity contribution in [2.45, 2.75) is 6.92 Å². The molecule has 3 rings (SSSR count). The van der Waals surface area contributed by atoms with Crippen LogP contribution in [0.15, 0.2) is 55.1 Å². The number of hydrogen-bond acceptors (Lipinski definition) is 2. The smallest absolute Gasteiger partial charge is 0.247 e. The molecule has 0 saturated heterocycles. The molecule has 21 heavy (non-hydrogen) atoms. The van der Waals surface area contributed by atoms with Crippen LogP contribution >= 0.6 is 0 Å². The number of aromatic amines is 1. The van der Waals surface area contributed by atoms with E-state index in [1.165, 1.54) is 6.08 Å². The van der Waals surface area contributed by atoms with Crippen LogP contribution in [-0.4, -0.2) is 16.1 Å². The number of aryl methyl sites for hydroxylation is 1. The summed E-state index contributed by atoms with van der Waals surface area (Å²) < 4.78 is 0. The minimum atomic E-state index is -0.215. The molecule has 0 spiro atoms. The van der Waals surface area contributed by atoms with Gasteiger partial charge in [0.05, 0.1) is 5.52 Å². The monoisotopic (exact) mass is 277 g/mol. The van der Waals surface area contributed by atoms with E-state index in [0.717, 1.165) is 33.4 Å². The number of anilines is 1. The lowest BCUT2D eigenvalue weighted by atomic mass is 10.0. The van der Waals surface area contributed by atoms with E-state index in [1.807, 2.05) is 43.3 Å². The van der Waals surface area contributed by atoms with Crippen LogP contribution in [0.3, 0.4) is 0 Å². The molecule has 0 radical (unpaired) electrons. The van der Waals surface area contributed by atoms with Gasteiger partial charge in [0.25, 0.3) is 0 Å². The van der Waals surface area contributed by atoms with Gasteiger partial charge >= 0.3 is 0 Å². The zero-order valence-electron chi connectivity index (χ0n) is 11.7. The SMILES string of the molecule is C=CC(=O)Nc1cccc(-c2ccc3n[nH]c(C)c3c2)c1. The molecule has 1 aromatic heterocycles. The summed E-state index contributed by atoms with van der Waals surface area (Å²) in [6.07, 6.45) is 1.26. The fraction of sp³-hybridized carbons (Fsp3) is 0.0588. The standard InChI is InChI=1S/C17H15N3O/c1-3-17(21)18-14-6-4-5-12(9-14)13-7-8-16-15(10-13)11(2)19-20-16/h3-10H,1H2,2H3,(H,18,21)(H,19,20). The number of H-pyrrole nitrogens is 1. The zero-order chi connectivity index (χ0) is 14.8. The third kappa shape index (κ3) is 2.56. The Balaban J connectivity index is 2.01. The molecule has 4 heteroatoms. The molecule has 2 N–H and O–H groups in total. The van der Waals surface area contributed by atoms with Gasteiger partial charge in [0, 0.05) is 16.8 Å². The maximum atomic E-state index is 11.4. The highest BCUT2D eigenvalue weighted by Gasteiger charge is 2.05. The number of aromatic nitrogens is 2. The van der Waals surface area contributed by atoms with Crippen molar-refractivity contribution in [3.8, 4) is 11.1 Å². The van der Waals surface area contributed by atoms with Crippen LogP contribution in [0.4, 0.5) is 5.69 Å². The lowest BCUT2D eigenvalue weighted by molar-refractivity contribution is -0.111. The molecule has 0 atom stereocenters. The molecule has 1 amide bonds. The summed E-state index contributed by atoms with van der Waals surface area (Å²) in [5.74, 6) is -0.215.